The minimum absolute atomic E-state index is 0.101. The smallest absolute Gasteiger partial charge is 0.134 e. The van der Waals surface area contributed by atoms with Crippen LogP contribution in [0.25, 0.3) is 0 Å². The molecule has 0 saturated carbocycles. The normalized spacial score (nSPS) is 15.3. The van der Waals surface area contributed by atoms with Crippen LogP contribution in [0.15, 0.2) is 23.2 Å². The molecule has 4 heteroatoms. The number of hydrogen-bond acceptors (Lipinski definition) is 3. The van der Waals surface area contributed by atoms with Gasteiger partial charge >= 0.3 is 0 Å². The summed E-state index contributed by atoms with van der Waals surface area (Å²) < 4.78 is 0. The molecule has 68 valence electrons. The van der Waals surface area contributed by atoms with E-state index in [1.807, 2.05) is 0 Å². The Morgan fingerprint density at radius 3 is 2.92 bits per heavy atom. The molecular formula is C9H9ClN2O. The van der Waals surface area contributed by atoms with E-state index in [1.165, 1.54) is 0 Å². The monoisotopic (exact) mass is 196 g/mol. The molecule has 2 N–H and O–H groups in total. The zero-order valence-electron chi connectivity index (χ0n) is 6.92. The molecule has 0 unspecified atom stereocenters. The second-order valence-corrected chi connectivity index (χ2v) is 3.23. The van der Waals surface area contributed by atoms with Crippen molar-refractivity contribution in [2.75, 3.05) is 13.1 Å². The summed E-state index contributed by atoms with van der Waals surface area (Å²) in [5, 5.41) is 12.7. The number of rotatable bonds is 1. The van der Waals surface area contributed by atoms with Crippen molar-refractivity contribution in [2.24, 2.45) is 4.99 Å². The lowest BCUT2D eigenvalue weighted by Crippen LogP contribution is -2.19. The van der Waals surface area contributed by atoms with Crippen LogP contribution in [0.1, 0.15) is 5.56 Å². The molecule has 0 aromatic heterocycles. The number of aromatic hydroxyl groups is 1. The lowest BCUT2D eigenvalue weighted by molar-refractivity contribution is 0.475. The van der Waals surface area contributed by atoms with E-state index in [4.69, 9.17) is 11.6 Å². The SMILES string of the molecule is Oc1ccc(C2=NCCN2)cc1Cl. The topological polar surface area (TPSA) is 44.6 Å². The molecule has 0 spiro atoms. The van der Waals surface area contributed by atoms with Crippen molar-refractivity contribution in [3.8, 4) is 5.75 Å². The van der Waals surface area contributed by atoms with Gasteiger partial charge in [-0.3, -0.25) is 4.99 Å². The fraction of sp³-hybridized carbons (Fsp3) is 0.222. The molecule has 0 aliphatic carbocycles. The van der Waals surface area contributed by atoms with Gasteiger partial charge in [0.15, 0.2) is 0 Å². The van der Waals surface area contributed by atoms with Crippen molar-refractivity contribution in [3.05, 3.63) is 28.8 Å². The molecule has 1 aromatic carbocycles. The quantitative estimate of drug-likeness (QED) is 0.713. The number of phenols is 1. The summed E-state index contributed by atoms with van der Waals surface area (Å²) in [4.78, 5) is 4.24. The number of benzene rings is 1. The lowest BCUT2D eigenvalue weighted by atomic mass is 10.2. The molecule has 2 rings (SSSR count). The van der Waals surface area contributed by atoms with Crippen LogP contribution in [0.3, 0.4) is 0 Å². The second kappa shape index (κ2) is 3.26. The second-order valence-electron chi connectivity index (χ2n) is 2.82. The Hall–Kier alpha value is -1.22. The first-order chi connectivity index (χ1) is 6.27. The number of nitrogens with one attached hydrogen (secondary N) is 1. The molecule has 1 aliphatic heterocycles. The van der Waals surface area contributed by atoms with Crippen molar-refractivity contribution >= 4 is 17.4 Å². The third-order valence-electron chi connectivity index (χ3n) is 1.90. The van der Waals surface area contributed by atoms with Crippen molar-refractivity contribution in [1.82, 2.24) is 5.32 Å². The van der Waals surface area contributed by atoms with Crippen LogP contribution in [0.4, 0.5) is 0 Å². The summed E-state index contributed by atoms with van der Waals surface area (Å²) in [5.41, 5.74) is 0.917. The number of hydrogen-bond donors (Lipinski definition) is 2. The molecule has 0 fully saturated rings. The van der Waals surface area contributed by atoms with E-state index in [2.05, 4.69) is 10.3 Å². The van der Waals surface area contributed by atoms with Gasteiger partial charge in [0.25, 0.3) is 0 Å². The minimum atomic E-state index is 0.101. The predicted molar refractivity (Wildman–Crippen MR) is 52.5 cm³/mol. The Bertz CT molecular complexity index is 363. The first-order valence-electron chi connectivity index (χ1n) is 4.04. The zero-order chi connectivity index (χ0) is 9.26. The van der Waals surface area contributed by atoms with E-state index < -0.39 is 0 Å². The van der Waals surface area contributed by atoms with Gasteiger partial charge in [0.2, 0.25) is 0 Å². The predicted octanol–water partition coefficient (Wildman–Crippen LogP) is 1.40. The number of amidine groups is 1. The average Bonchev–Trinajstić information content (AvgIpc) is 2.62. The highest BCUT2D eigenvalue weighted by Gasteiger charge is 2.09. The maximum atomic E-state index is 9.19. The molecule has 0 atom stereocenters. The van der Waals surface area contributed by atoms with Crippen LogP contribution >= 0.6 is 11.6 Å². The van der Waals surface area contributed by atoms with Crippen molar-refractivity contribution < 1.29 is 5.11 Å². The van der Waals surface area contributed by atoms with E-state index in [9.17, 15) is 5.11 Å². The summed E-state index contributed by atoms with van der Waals surface area (Å²) >= 11 is 5.76. The molecule has 13 heavy (non-hydrogen) atoms. The Balaban J connectivity index is 2.36. The average molecular weight is 197 g/mol. The third-order valence-corrected chi connectivity index (χ3v) is 2.20. The maximum Gasteiger partial charge on any atom is 0.134 e. The highest BCUT2D eigenvalue weighted by atomic mass is 35.5. The lowest BCUT2D eigenvalue weighted by Gasteiger charge is -2.03. The van der Waals surface area contributed by atoms with Gasteiger partial charge < -0.3 is 10.4 Å². The Labute approximate surface area is 81.1 Å². The van der Waals surface area contributed by atoms with E-state index in [0.717, 1.165) is 24.5 Å². The number of aliphatic imine (C=N–C) groups is 1. The largest absolute Gasteiger partial charge is 0.506 e. The molecule has 1 aliphatic rings. The summed E-state index contributed by atoms with van der Waals surface area (Å²) in [5.74, 6) is 0.950. The van der Waals surface area contributed by atoms with Gasteiger partial charge in [-0.2, -0.15) is 0 Å². The summed E-state index contributed by atoms with van der Waals surface area (Å²) in [7, 11) is 0. The van der Waals surface area contributed by atoms with Crippen LogP contribution in [0, 0.1) is 0 Å². The Morgan fingerprint density at radius 2 is 2.31 bits per heavy atom. The summed E-state index contributed by atoms with van der Waals surface area (Å²) in [6.45, 7) is 1.67. The van der Waals surface area contributed by atoms with Gasteiger partial charge in [-0.1, -0.05) is 11.6 Å². The van der Waals surface area contributed by atoms with E-state index in [0.29, 0.717) is 5.02 Å². The van der Waals surface area contributed by atoms with Gasteiger partial charge in [-0.05, 0) is 18.2 Å². The molecular weight excluding hydrogens is 188 g/mol. The van der Waals surface area contributed by atoms with Crippen LogP contribution in [-0.2, 0) is 0 Å². The zero-order valence-corrected chi connectivity index (χ0v) is 7.67. The van der Waals surface area contributed by atoms with Crippen molar-refractivity contribution in [2.45, 2.75) is 0 Å². The molecule has 0 radical (unpaired) electrons. The molecule has 0 amide bonds. The fourth-order valence-corrected chi connectivity index (χ4v) is 1.43. The van der Waals surface area contributed by atoms with Gasteiger partial charge in [-0.25, -0.2) is 0 Å². The van der Waals surface area contributed by atoms with Crippen molar-refractivity contribution in [1.29, 1.82) is 0 Å². The number of nitrogens with zero attached hydrogens (tertiary/aromatic N) is 1. The van der Waals surface area contributed by atoms with E-state index >= 15 is 0 Å². The summed E-state index contributed by atoms with van der Waals surface area (Å²) in [6.07, 6.45) is 0. The first-order valence-corrected chi connectivity index (χ1v) is 4.42. The van der Waals surface area contributed by atoms with E-state index in [-0.39, 0.29) is 5.75 Å². The highest BCUT2D eigenvalue weighted by molar-refractivity contribution is 6.32. The molecule has 3 nitrogen and oxygen atoms in total. The Kier molecular flexibility index (Phi) is 2.10. The molecule has 1 aromatic rings. The van der Waals surface area contributed by atoms with E-state index in [1.54, 1.807) is 18.2 Å². The Morgan fingerprint density at radius 1 is 1.46 bits per heavy atom. The van der Waals surface area contributed by atoms with Crippen LogP contribution in [0.5, 0.6) is 5.75 Å². The highest BCUT2D eigenvalue weighted by Crippen LogP contribution is 2.23. The van der Waals surface area contributed by atoms with Gasteiger partial charge in [0.1, 0.15) is 11.6 Å². The van der Waals surface area contributed by atoms with Gasteiger partial charge in [0.05, 0.1) is 11.6 Å². The van der Waals surface area contributed by atoms with Gasteiger partial charge in [-0.15, -0.1) is 0 Å². The molecule has 0 bridgehead atoms. The standard InChI is InChI=1S/C9H9ClN2O/c10-7-5-6(1-2-8(7)13)9-11-3-4-12-9/h1-2,5,13H,3-4H2,(H,11,12). The van der Waals surface area contributed by atoms with Crippen LogP contribution in [-0.4, -0.2) is 24.0 Å². The molecule has 1 heterocycles. The maximum absolute atomic E-state index is 9.19. The number of phenolic OH excluding ortho intramolecular Hbond substituents is 1. The fourth-order valence-electron chi connectivity index (χ4n) is 1.25. The first kappa shape index (κ1) is 8.38. The van der Waals surface area contributed by atoms with Gasteiger partial charge in [0, 0.05) is 12.1 Å². The number of halogens is 1. The third kappa shape index (κ3) is 1.60. The molecule has 0 saturated heterocycles. The minimum Gasteiger partial charge on any atom is -0.506 e. The van der Waals surface area contributed by atoms with Crippen LogP contribution < -0.4 is 5.32 Å². The van der Waals surface area contributed by atoms with Crippen molar-refractivity contribution in [3.63, 3.8) is 0 Å². The summed E-state index contributed by atoms with van der Waals surface area (Å²) in [6, 6.07) is 5.06. The van der Waals surface area contributed by atoms with Crippen LogP contribution in [0.2, 0.25) is 5.02 Å².